The highest BCUT2D eigenvalue weighted by Crippen LogP contribution is 2.08. The fourth-order valence-corrected chi connectivity index (χ4v) is 1.96. The Balaban J connectivity index is 1.99. The predicted octanol–water partition coefficient (Wildman–Crippen LogP) is 3.23. The molecule has 1 amide bonds. The van der Waals surface area contributed by atoms with E-state index >= 15 is 0 Å². The minimum absolute atomic E-state index is 0.145. The van der Waals surface area contributed by atoms with Crippen molar-refractivity contribution in [2.24, 2.45) is 0 Å². The Kier molecular flexibility index (Phi) is 4.75. The third kappa shape index (κ3) is 3.59. The van der Waals surface area contributed by atoms with Crippen molar-refractivity contribution in [2.75, 3.05) is 0 Å². The first-order chi connectivity index (χ1) is 9.72. The molecule has 0 atom stereocenters. The van der Waals surface area contributed by atoms with Gasteiger partial charge in [0.2, 0.25) is 0 Å². The first-order valence-electron chi connectivity index (χ1n) is 6.15. The quantitative estimate of drug-likeness (QED) is 0.877. The van der Waals surface area contributed by atoms with Gasteiger partial charge in [-0.05, 0) is 35.4 Å². The fraction of sp³-hybridized carbons (Fsp3) is 0.125. The number of nitrogens with one attached hydrogen (secondary N) is 1. The molecule has 4 heteroatoms. The van der Waals surface area contributed by atoms with Crippen molar-refractivity contribution in [3.8, 4) is 6.07 Å². The van der Waals surface area contributed by atoms with Crippen molar-refractivity contribution in [1.29, 1.82) is 5.26 Å². The lowest BCUT2D eigenvalue weighted by atomic mass is 10.1. The fourth-order valence-electron chi connectivity index (χ4n) is 1.78. The monoisotopic (exact) mass is 284 g/mol. The third-order valence-corrected chi connectivity index (χ3v) is 3.19. The Morgan fingerprint density at radius 2 is 1.90 bits per heavy atom. The summed E-state index contributed by atoms with van der Waals surface area (Å²) >= 11 is 5.70. The summed E-state index contributed by atoms with van der Waals surface area (Å²) < 4.78 is 0. The maximum absolute atomic E-state index is 12.0. The van der Waals surface area contributed by atoms with E-state index < -0.39 is 0 Å². The minimum atomic E-state index is -0.145. The van der Waals surface area contributed by atoms with Crippen molar-refractivity contribution in [2.45, 2.75) is 12.4 Å². The van der Waals surface area contributed by atoms with Crippen LogP contribution in [0.15, 0.2) is 48.5 Å². The van der Waals surface area contributed by atoms with Gasteiger partial charge in [0.1, 0.15) is 0 Å². The molecule has 0 radical (unpaired) electrons. The number of alkyl halides is 1. The zero-order valence-electron chi connectivity index (χ0n) is 10.8. The number of nitrogens with zero attached hydrogens (tertiary/aromatic N) is 1. The molecule has 2 aromatic rings. The first kappa shape index (κ1) is 14.1. The molecule has 0 spiro atoms. The van der Waals surface area contributed by atoms with Gasteiger partial charge in [-0.3, -0.25) is 4.79 Å². The Morgan fingerprint density at radius 1 is 1.15 bits per heavy atom. The van der Waals surface area contributed by atoms with Gasteiger partial charge in [-0.25, -0.2) is 0 Å². The van der Waals surface area contributed by atoms with E-state index in [0.29, 0.717) is 23.6 Å². The molecule has 0 aliphatic carbocycles. The molecule has 0 aliphatic rings. The maximum atomic E-state index is 12.0. The summed E-state index contributed by atoms with van der Waals surface area (Å²) in [6.45, 7) is 0.394. The van der Waals surface area contributed by atoms with Gasteiger partial charge in [0.05, 0.1) is 11.6 Å². The van der Waals surface area contributed by atoms with E-state index in [4.69, 9.17) is 16.9 Å². The number of halogens is 1. The first-order valence-corrected chi connectivity index (χ1v) is 6.68. The van der Waals surface area contributed by atoms with Gasteiger partial charge in [-0.2, -0.15) is 5.26 Å². The Morgan fingerprint density at radius 3 is 2.55 bits per heavy atom. The van der Waals surface area contributed by atoms with E-state index in [1.807, 2.05) is 18.2 Å². The molecule has 2 aromatic carbocycles. The van der Waals surface area contributed by atoms with E-state index in [1.165, 1.54) is 0 Å². The molecule has 2 rings (SSSR count). The largest absolute Gasteiger partial charge is 0.348 e. The summed E-state index contributed by atoms with van der Waals surface area (Å²) in [6.07, 6.45) is 0. The number of carbonyl (C=O) groups excluding carboxylic acids is 1. The molecule has 0 saturated carbocycles. The molecule has 1 N–H and O–H groups in total. The van der Waals surface area contributed by atoms with Gasteiger partial charge in [0, 0.05) is 18.0 Å². The lowest BCUT2D eigenvalue weighted by Gasteiger charge is -2.06. The molecule has 0 aromatic heterocycles. The molecule has 0 aliphatic heterocycles. The average molecular weight is 285 g/mol. The third-order valence-electron chi connectivity index (χ3n) is 2.88. The highest BCUT2D eigenvalue weighted by Gasteiger charge is 2.05. The second kappa shape index (κ2) is 6.74. The molecule has 0 heterocycles. The van der Waals surface area contributed by atoms with Gasteiger partial charge in [-0.15, -0.1) is 11.6 Å². The van der Waals surface area contributed by atoms with Crippen LogP contribution >= 0.6 is 11.6 Å². The molecule has 20 heavy (non-hydrogen) atoms. The molecule has 0 bridgehead atoms. The van der Waals surface area contributed by atoms with E-state index in [2.05, 4.69) is 11.4 Å². The summed E-state index contributed by atoms with van der Waals surface area (Å²) in [6, 6.07) is 16.4. The van der Waals surface area contributed by atoms with Crippen molar-refractivity contribution in [3.63, 3.8) is 0 Å². The van der Waals surface area contributed by atoms with E-state index in [9.17, 15) is 4.79 Å². The summed E-state index contributed by atoms with van der Waals surface area (Å²) in [5.41, 5.74) is 3.05. The lowest BCUT2D eigenvalue weighted by Crippen LogP contribution is -2.22. The molecular formula is C16H13ClN2O. The number of benzene rings is 2. The number of hydrogen-bond donors (Lipinski definition) is 1. The maximum Gasteiger partial charge on any atom is 0.251 e. The van der Waals surface area contributed by atoms with Gasteiger partial charge >= 0.3 is 0 Å². The molecule has 100 valence electrons. The Labute approximate surface area is 122 Å². The van der Waals surface area contributed by atoms with Gasteiger partial charge in [0.15, 0.2) is 0 Å². The van der Waals surface area contributed by atoms with Crippen LogP contribution in [0.2, 0.25) is 0 Å². The topological polar surface area (TPSA) is 52.9 Å². The van der Waals surface area contributed by atoms with E-state index in [-0.39, 0.29) is 5.91 Å². The number of amides is 1. The zero-order valence-corrected chi connectivity index (χ0v) is 11.5. The number of hydrogen-bond acceptors (Lipinski definition) is 2. The van der Waals surface area contributed by atoms with Crippen LogP contribution in [-0.2, 0) is 12.4 Å². The van der Waals surface area contributed by atoms with Crippen molar-refractivity contribution in [3.05, 3.63) is 70.8 Å². The molecule has 0 unspecified atom stereocenters. The molecule has 3 nitrogen and oxygen atoms in total. The van der Waals surface area contributed by atoms with Gasteiger partial charge < -0.3 is 5.32 Å². The summed E-state index contributed by atoms with van der Waals surface area (Å²) in [4.78, 5) is 12.0. The van der Waals surface area contributed by atoms with Gasteiger partial charge in [-0.1, -0.05) is 24.3 Å². The van der Waals surface area contributed by atoms with Crippen LogP contribution in [0, 0.1) is 11.3 Å². The van der Waals surface area contributed by atoms with Crippen molar-refractivity contribution >= 4 is 17.5 Å². The number of nitriles is 1. The lowest BCUT2D eigenvalue weighted by molar-refractivity contribution is 0.0951. The predicted molar refractivity (Wildman–Crippen MR) is 78.3 cm³/mol. The SMILES string of the molecule is N#Cc1cccc(CNC(=O)c2ccc(CCl)cc2)c1. The molecule has 0 fully saturated rings. The standard InChI is InChI=1S/C16H13ClN2O/c17-9-12-4-6-15(7-5-12)16(20)19-11-14-3-1-2-13(8-14)10-18/h1-8H,9,11H2,(H,19,20). The minimum Gasteiger partial charge on any atom is -0.348 e. The summed E-state index contributed by atoms with van der Waals surface area (Å²) in [5.74, 6) is 0.288. The van der Waals surface area contributed by atoms with E-state index in [0.717, 1.165) is 11.1 Å². The van der Waals surface area contributed by atoms with Crippen LogP contribution in [0.25, 0.3) is 0 Å². The highest BCUT2D eigenvalue weighted by molar-refractivity contribution is 6.17. The van der Waals surface area contributed by atoms with Crippen molar-refractivity contribution < 1.29 is 4.79 Å². The normalized spacial score (nSPS) is 9.80. The number of rotatable bonds is 4. The van der Waals surface area contributed by atoms with Crippen LogP contribution in [-0.4, -0.2) is 5.91 Å². The van der Waals surface area contributed by atoms with Crippen LogP contribution in [0.4, 0.5) is 0 Å². The van der Waals surface area contributed by atoms with Crippen LogP contribution < -0.4 is 5.32 Å². The second-order valence-corrected chi connectivity index (χ2v) is 4.59. The van der Waals surface area contributed by atoms with Crippen LogP contribution in [0.5, 0.6) is 0 Å². The number of carbonyl (C=O) groups is 1. The van der Waals surface area contributed by atoms with E-state index in [1.54, 1.807) is 30.3 Å². The Bertz CT molecular complexity index is 644. The van der Waals surface area contributed by atoms with Crippen molar-refractivity contribution in [1.82, 2.24) is 5.32 Å². The van der Waals surface area contributed by atoms with Crippen LogP contribution in [0.1, 0.15) is 27.0 Å². The summed E-state index contributed by atoms with van der Waals surface area (Å²) in [5, 5.41) is 11.6. The second-order valence-electron chi connectivity index (χ2n) is 4.33. The average Bonchev–Trinajstić information content (AvgIpc) is 2.53. The zero-order chi connectivity index (χ0) is 14.4. The molecule has 0 saturated heterocycles. The van der Waals surface area contributed by atoms with Crippen LogP contribution in [0.3, 0.4) is 0 Å². The van der Waals surface area contributed by atoms with Gasteiger partial charge in [0.25, 0.3) is 5.91 Å². The summed E-state index contributed by atoms with van der Waals surface area (Å²) in [7, 11) is 0. The highest BCUT2D eigenvalue weighted by atomic mass is 35.5. The smallest absolute Gasteiger partial charge is 0.251 e. The Hall–Kier alpha value is -2.31. The molecular weight excluding hydrogens is 272 g/mol.